The van der Waals surface area contributed by atoms with Crippen LogP contribution in [0.5, 0.6) is 5.75 Å². The number of piperidine rings is 1. The number of ether oxygens (including phenoxy) is 1. The maximum Gasteiger partial charge on any atom is 0.273 e. The highest BCUT2D eigenvalue weighted by atomic mass is 32.1. The molecule has 1 aliphatic rings. The van der Waals surface area contributed by atoms with Crippen LogP contribution in [0.1, 0.15) is 36.9 Å². The number of nitrogens with one attached hydrogen (secondary N) is 2. The van der Waals surface area contributed by atoms with Crippen LogP contribution in [0.3, 0.4) is 0 Å². The van der Waals surface area contributed by atoms with Crippen LogP contribution < -0.4 is 20.7 Å². The first-order chi connectivity index (χ1) is 19.4. The fraction of sp³-hybridized carbons (Fsp3) is 0.467. The second kappa shape index (κ2) is 13.1. The third-order valence-electron chi connectivity index (χ3n) is 7.27. The van der Waals surface area contributed by atoms with Crippen molar-refractivity contribution in [3.05, 3.63) is 46.8 Å². The zero-order chi connectivity index (χ0) is 29.9. The van der Waals surface area contributed by atoms with E-state index in [-0.39, 0.29) is 23.0 Å². The Hall–Kier alpha value is -2.73. The Kier molecular flexibility index (Phi) is 9.94. The van der Waals surface area contributed by atoms with Gasteiger partial charge in [0.05, 0.1) is 40.6 Å². The van der Waals surface area contributed by atoms with E-state index >= 15 is 4.39 Å². The van der Waals surface area contributed by atoms with Gasteiger partial charge in [0.15, 0.2) is 6.17 Å². The number of hydrogen-bond donors (Lipinski definition) is 2. The number of anilines is 2. The highest BCUT2D eigenvalue weighted by Gasteiger charge is 2.32. The third kappa shape index (κ3) is 7.20. The van der Waals surface area contributed by atoms with E-state index in [1.807, 2.05) is 13.8 Å². The maximum atomic E-state index is 15.0. The van der Waals surface area contributed by atoms with E-state index in [1.54, 1.807) is 49.7 Å². The summed E-state index contributed by atoms with van der Waals surface area (Å²) >= 11 is 1.12. The van der Waals surface area contributed by atoms with E-state index < -0.39 is 32.0 Å². The first kappa shape index (κ1) is 31.2. The molecule has 2 aromatic carbocycles. The Morgan fingerprint density at radius 1 is 1.17 bits per heavy atom. The molecule has 2 N–H and O–H groups in total. The first-order valence-corrected chi connectivity index (χ1v) is 16.9. The van der Waals surface area contributed by atoms with Gasteiger partial charge in [-0.15, -0.1) is 11.3 Å². The Morgan fingerprint density at radius 2 is 1.93 bits per heavy atom. The van der Waals surface area contributed by atoms with Crippen LogP contribution in [0, 0.1) is 11.8 Å². The average Bonchev–Trinajstić information content (AvgIpc) is 3.30. The van der Waals surface area contributed by atoms with Gasteiger partial charge in [0.2, 0.25) is 0 Å². The molecular weight excluding hydrogens is 573 g/mol. The van der Waals surface area contributed by atoms with Crippen molar-refractivity contribution >= 4 is 45.2 Å². The maximum absolute atomic E-state index is 15.0. The number of methoxy groups -OCH3 is 1. The van der Waals surface area contributed by atoms with Crippen LogP contribution in [-0.2, 0) is 4.57 Å². The van der Waals surface area contributed by atoms with Gasteiger partial charge in [-0.1, -0.05) is 24.0 Å². The number of halogens is 4. The van der Waals surface area contributed by atoms with E-state index in [0.29, 0.717) is 45.5 Å². The Morgan fingerprint density at radius 3 is 2.56 bits per heavy atom. The molecule has 2 heterocycles. The topological polar surface area (TPSA) is 53.6 Å². The first-order valence-electron chi connectivity index (χ1n) is 13.5. The van der Waals surface area contributed by atoms with Crippen LogP contribution in [0.4, 0.5) is 28.9 Å². The molecule has 1 fully saturated rings. The lowest BCUT2D eigenvalue weighted by Gasteiger charge is -2.37. The Bertz CT molecular complexity index is 1480. The van der Waals surface area contributed by atoms with E-state index in [0.717, 1.165) is 17.9 Å². The van der Waals surface area contributed by atoms with Gasteiger partial charge in [0.1, 0.15) is 19.1 Å². The number of alkyl halides is 4. The van der Waals surface area contributed by atoms with Gasteiger partial charge in [0.25, 0.3) is 6.43 Å². The molecule has 1 aromatic heterocycles. The summed E-state index contributed by atoms with van der Waals surface area (Å²) in [7, 11) is -0.968. The Balaban J connectivity index is 1.60. The van der Waals surface area contributed by atoms with Gasteiger partial charge in [-0.25, -0.2) is 17.6 Å². The monoisotopic (exact) mass is 609 g/mol. The summed E-state index contributed by atoms with van der Waals surface area (Å²) < 4.78 is 75.5. The molecule has 5 nitrogen and oxygen atoms in total. The SMILES string of the molecule is COc1cc(P(C)(C)=O)ccc1NCC#Cc1sc2c(NC3CCN(C(C)C)CC3F)cccc2c1C(F)C(F)F. The van der Waals surface area contributed by atoms with Crippen molar-refractivity contribution in [2.75, 3.05) is 50.7 Å². The molecule has 0 aliphatic carbocycles. The fourth-order valence-corrected chi connectivity index (χ4v) is 6.98. The molecule has 3 aromatic rings. The summed E-state index contributed by atoms with van der Waals surface area (Å²) in [4.78, 5) is 2.29. The number of thiophene rings is 1. The van der Waals surface area contributed by atoms with Gasteiger partial charge < -0.3 is 19.9 Å². The lowest BCUT2D eigenvalue weighted by Crippen LogP contribution is -2.50. The normalized spacial score (nSPS) is 18.8. The number of nitrogens with zero attached hydrogens (tertiary/aromatic N) is 1. The molecule has 1 saturated heterocycles. The zero-order valence-corrected chi connectivity index (χ0v) is 25.5. The lowest BCUT2D eigenvalue weighted by molar-refractivity contribution is 0.0504. The third-order valence-corrected chi connectivity index (χ3v) is 9.96. The van der Waals surface area contributed by atoms with Gasteiger partial charge >= 0.3 is 0 Å². The van der Waals surface area contributed by atoms with E-state index in [2.05, 4.69) is 27.4 Å². The fourth-order valence-electron chi connectivity index (χ4n) is 4.93. The van der Waals surface area contributed by atoms with Crippen LogP contribution in [-0.4, -0.2) is 69.7 Å². The summed E-state index contributed by atoms with van der Waals surface area (Å²) in [5.74, 6) is 6.28. The van der Waals surface area contributed by atoms with Crippen molar-refractivity contribution in [2.45, 2.75) is 51.1 Å². The molecule has 1 aliphatic heterocycles. The predicted octanol–water partition coefficient (Wildman–Crippen LogP) is 7.13. The van der Waals surface area contributed by atoms with Crippen molar-refractivity contribution in [2.24, 2.45) is 0 Å². The minimum atomic E-state index is -3.21. The van der Waals surface area contributed by atoms with E-state index in [1.165, 1.54) is 7.11 Å². The molecule has 3 atom stereocenters. The quantitative estimate of drug-likeness (QED) is 0.154. The second-order valence-corrected chi connectivity index (χ2v) is 15.0. The second-order valence-electron chi connectivity index (χ2n) is 10.8. The largest absolute Gasteiger partial charge is 0.495 e. The number of rotatable bonds is 9. The van der Waals surface area contributed by atoms with Crippen molar-refractivity contribution in [1.82, 2.24) is 4.90 Å². The molecule has 0 radical (unpaired) electrons. The summed E-state index contributed by atoms with van der Waals surface area (Å²) in [6, 6.07) is 10.0. The van der Waals surface area contributed by atoms with Gasteiger partial charge in [0, 0.05) is 35.4 Å². The summed E-state index contributed by atoms with van der Waals surface area (Å²) in [6.07, 6.45) is -6.23. The molecule has 41 heavy (non-hydrogen) atoms. The van der Waals surface area contributed by atoms with Crippen LogP contribution in [0.25, 0.3) is 10.1 Å². The molecular formula is C30H36F4N3O2PS. The molecule has 222 valence electrons. The zero-order valence-electron chi connectivity index (χ0n) is 23.8. The molecule has 3 unspecified atom stereocenters. The van der Waals surface area contributed by atoms with Gasteiger partial charge in [-0.2, -0.15) is 0 Å². The smallest absolute Gasteiger partial charge is 0.273 e. The summed E-state index contributed by atoms with van der Waals surface area (Å²) in [5.41, 5.74) is 1.06. The number of hydrogen-bond acceptors (Lipinski definition) is 6. The van der Waals surface area contributed by atoms with E-state index in [9.17, 15) is 17.7 Å². The van der Waals surface area contributed by atoms with Crippen LogP contribution >= 0.6 is 18.5 Å². The van der Waals surface area contributed by atoms with Crippen molar-refractivity contribution in [3.8, 4) is 17.6 Å². The summed E-state index contributed by atoms with van der Waals surface area (Å²) in [5, 5.41) is 7.40. The minimum Gasteiger partial charge on any atom is -0.495 e. The molecule has 0 spiro atoms. The lowest BCUT2D eigenvalue weighted by atomic mass is 10.0. The number of benzene rings is 2. The highest BCUT2D eigenvalue weighted by molar-refractivity contribution is 7.70. The Labute approximate surface area is 243 Å². The molecule has 0 bridgehead atoms. The van der Waals surface area contributed by atoms with E-state index in [4.69, 9.17) is 4.74 Å². The summed E-state index contributed by atoms with van der Waals surface area (Å²) in [6.45, 7) is 8.60. The van der Waals surface area contributed by atoms with Crippen molar-refractivity contribution in [3.63, 3.8) is 0 Å². The van der Waals surface area contributed by atoms with Crippen LogP contribution in [0.2, 0.25) is 0 Å². The average molecular weight is 610 g/mol. The molecule has 0 saturated carbocycles. The van der Waals surface area contributed by atoms with Gasteiger partial charge in [-0.3, -0.25) is 4.90 Å². The molecule has 4 rings (SSSR count). The highest BCUT2D eigenvalue weighted by Crippen LogP contribution is 2.42. The molecule has 11 heteroatoms. The number of fused-ring (bicyclic) bond motifs is 1. The molecule has 0 amide bonds. The van der Waals surface area contributed by atoms with Gasteiger partial charge in [-0.05, 0) is 57.9 Å². The van der Waals surface area contributed by atoms with Crippen molar-refractivity contribution in [1.29, 1.82) is 0 Å². The van der Waals surface area contributed by atoms with Crippen molar-refractivity contribution < 1.29 is 26.9 Å². The number of likely N-dealkylation sites (tertiary alicyclic amines) is 1. The minimum absolute atomic E-state index is 0.133. The predicted molar refractivity (Wildman–Crippen MR) is 163 cm³/mol. The van der Waals surface area contributed by atoms with Crippen LogP contribution in [0.15, 0.2) is 36.4 Å². The standard InChI is InChI=1S/C30H36F4N3O2PS/c1-18(2)37-15-13-22(21(31)17-37)36-24-9-6-8-20-27(28(32)30(33)34)26(41-29(20)24)10-7-14-35-23-12-11-19(40(4,5)38)16-25(23)39-3/h6,8-9,11-12,16,18,21-22,28,30,35-36H,13-15,17H2,1-5H3.